The molecule has 1 aromatic rings. The monoisotopic (exact) mass is 237 g/mol. The van der Waals surface area contributed by atoms with Crippen molar-refractivity contribution >= 4 is 27.3 Å². The van der Waals surface area contributed by atoms with E-state index in [4.69, 9.17) is 10.3 Å². The van der Waals surface area contributed by atoms with Crippen molar-refractivity contribution in [3.63, 3.8) is 0 Å². The summed E-state index contributed by atoms with van der Waals surface area (Å²) in [6, 6.07) is 2.63. The number of nitrogens with one attached hydrogen (secondary N) is 1. The molecule has 0 aliphatic rings. The molecular weight excluding hydrogens is 230 g/mol. The minimum Gasteiger partial charge on any atom is -0.481 e. The standard InChI is InChI=1S/C6H7NO5S2/c8-5(9)3-4-1-2-6(13-4)14(11,12)7-10/h1-2,7,10H,3H2,(H,8,9). The van der Waals surface area contributed by atoms with Crippen LogP contribution in [0.5, 0.6) is 0 Å². The molecule has 6 nitrogen and oxygen atoms in total. The quantitative estimate of drug-likeness (QED) is 0.641. The van der Waals surface area contributed by atoms with E-state index in [1.807, 2.05) is 0 Å². The third-order valence-electron chi connectivity index (χ3n) is 1.35. The molecule has 78 valence electrons. The van der Waals surface area contributed by atoms with E-state index in [-0.39, 0.29) is 10.6 Å². The summed E-state index contributed by atoms with van der Waals surface area (Å²) in [7, 11) is -3.88. The Morgan fingerprint density at radius 2 is 2.14 bits per heavy atom. The lowest BCUT2D eigenvalue weighted by Gasteiger charge is -1.94. The topological polar surface area (TPSA) is 104 Å². The normalized spacial score (nSPS) is 11.5. The van der Waals surface area contributed by atoms with E-state index < -0.39 is 16.0 Å². The van der Waals surface area contributed by atoms with Crippen LogP contribution >= 0.6 is 11.3 Å². The average Bonchev–Trinajstić information content (AvgIpc) is 2.52. The summed E-state index contributed by atoms with van der Waals surface area (Å²) in [4.78, 5) is 11.9. The number of hydrogen-bond acceptors (Lipinski definition) is 5. The molecule has 1 rings (SSSR count). The Hall–Kier alpha value is -0.960. The van der Waals surface area contributed by atoms with E-state index in [0.717, 1.165) is 16.2 Å². The number of aliphatic carboxylic acids is 1. The zero-order chi connectivity index (χ0) is 10.8. The van der Waals surface area contributed by atoms with Crippen LogP contribution in [0.25, 0.3) is 0 Å². The van der Waals surface area contributed by atoms with Crippen LogP contribution in [0.1, 0.15) is 4.88 Å². The van der Waals surface area contributed by atoms with Gasteiger partial charge in [-0.25, -0.2) is 8.42 Å². The molecule has 0 aromatic carbocycles. The lowest BCUT2D eigenvalue weighted by atomic mass is 10.3. The summed E-state index contributed by atoms with van der Waals surface area (Å²) in [5.41, 5.74) is 0. The van der Waals surface area contributed by atoms with E-state index in [1.54, 1.807) is 0 Å². The molecule has 1 heterocycles. The van der Waals surface area contributed by atoms with Gasteiger partial charge in [-0.3, -0.25) is 4.79 Å². The predicted molar refractivity (Wildman–Crippen MR) is 47.8 cm³/mol. The van der Waals surface area contributed by atoms with Gasteiger partial charge in [0, 0.05) is 4.88 Å². The number of sulfonamides is 1. The highest BCUT2D eigenvalue weighted by Crippen LogP contribution is 2.21. The molecule has 1 aromatic heterocycles. The highest BCUT2D eigenvalue weighted by atomic mass is 32.2. The number of carboxylic acid groups (broad SMARTS) is 1. The summed E-state index contributed by atoms with van der Waals surface area (Å²) in [5.74, 6) is -1.03. The van der Waals surface area contributed by atoms with E-state index in [9.17, 15) is 13.2 Å². The van der Waals surface area contributed by atoms with Crippen molar-refractivity contribution in [1.82, 2.24) is 4.89 Å². The van der Waals surface area contributed by atoms with Gasteiger partial charge in [-0.15, -0.1) is 11.3 Å². The summed E-state index contributed by atoms with van der Waals surface area (Å²) >= 11 is 0.801. The number of carboxylic acids is 1. The molecular formula is C6H7NO5S2. The Bertz CT molecular complexity index is 435. The Morgan fingerprint density at radius 1 is 1.50 bits per heavy atom. The smallest absolute Gasteiger partial charge is 0.308 e. The lowest BCUT2D eigenvalue weighted by Crippen LogP contribution is -2.17. The van der Waals surface area contributed by atoms with Gasteiger partial charge in [-0.1, -0.05) is 4.89 Å². The second kappa shape index (κ2) is 4.05. The molecule has 0 amide bonds. The molecule has 0 aliphatic heterocycles. The van der Waals surface area contributed by atoms with Gasteiger partial charge >= 0.3 is 5.97 Å². The van der Waals surface area contributed by atoms with Crippen LogP contribution in [0, 0.1) is 0 Å². The van der Waals surface area contributed by atoms with E-state index in [1.165, 1.54) is 12.1 Å². The fraction of sp³-hybridized carbons (Fsp3) is 0.167. The molecule has 0 fully saturated rings. The molecule has 0 saturated heterocycles. The van der Waals surface area contributed by atoms with Crippen LogP contribution in [-0.2, 0) is 21.2 Å². The summed E-state index contributed by atoms with van der Waals surface area (Å²) in [6.45, 7) is 0. The van der Waals surface area contributed by atoms with Crippen LogP contribution in [0.4, 0.5) is 0 Å². The fourth-order valence-corrected chi connectivity index (χ4v) is 2.73. The molecule has 0 aliphatic carbocycles. The Labute approximate surface area is 83.8 Å². The maximum atomic E-state index is 11.0. The van der Waals surface area contributed by atoms with Gasteiger partial charge in [0.1, 0.15) is 4.21 Å². The molecule has 0 radical (unpaired) electrons. The van der Waals surface area contributed by atoms with Crippen LogP contribution in [0.2, 0.25) is 0 Å². The Kier molecular flexibility index (Phi) is 3.21. The maximum absolute atomic E-state index is 11.0. The largest absolute Gasteiger partial charge is 0.481 e. The van der Waals surface area contributed by atoms with E-state index in [0.29, 0.717) is 4.88 Å². The van der Waals surface area contributed by atoms with Gasteiger partial charge in [-0.2, -0.15) is 0 Å². The highest BCUT2D eigenvalue weighted by Gasteiger charge is 2.16. The van der Waals surface area contributed by atoms with Crippen LogP contribution in [0.3, 0.4) is 0 Å². The molecule has 3 N–H and O–H groups in total. The van der Waals surface area contributed by atoms with Crippen molar-refractivity contribution in [2.75, 3.05) is 0 Å². The maximum Gasteiger partial charge on any atom is 0.308 e. The van der Waals surface area contributed by atoms with E-state index >= 15 is 0 Å². The second-order valence-corrected chi connectivity index (χ2v) is 5.44. The van der Waals surface area contributed by atoms with Crippen molar-refractivity contribution in [3.8, 4) is 0 Å². The zero-order valence-electron chi connectivity index (χ0n) is 6.80. The second-order valence-electron chi connectivity index (χ2n) is 2.39. The fourth-order valence-electron chi connectivity index (χ4n) is 0.792. The van der Waals surface area contributed by atoms with Gasteiger partial charge in [0.2, 0.25) is 0 Å². The molecule has 14 heavy (non-hydrogen) atoms. The average molecular weight is 237 g/mol. The summed E-state index contributed by atoms with van der Waals surface area (Å²) in [6.07, 6.45) is -0.231. The van der Waals surface area contributed by atoms with Crippen LogP contribution in [0.15, 0.2) is 16.3 Å². The predicted octanol–water partition coefficient (Wildman–Crippen LogP) is 0.0427. The SMILES string of the molecule is O=C(O)Cc1ccc(S(=O)(=O)NO)s1. The van der Waals surface area contributed by atoms with E-state index in [2.05, 4.69) is 0 Å². The van der Waals surface area contributed by atoms with Crippen LogP contribution < -0.4 is 4.89 Å². The van der Waals surface area contributed by atoms with Gasteiger partial charge in [0.25, 0.3) is 10.0 Å². The van der Waals surface area contributed by atoms with Crippen molar-refractivity contribution < 1.29 is 23.5 Å². The molecule has 0 atom stereocenters. The highest BCUT2D eigenvalue weighted by molar-refractivity contribution is 7.91. The van der Waals surface area contributed by atoms with Crippen molar-refractivity contribution in [3.05, 3.63) is 17.0 Å². The lowest BCUT2D eigenvalue weighted by molar-refractivity contribution is -0.136. The number of thiophene rings is 1. The first-order valence-corrected chi connectivity index (χ1v) is 5.72. The molecule has 0 bridgehead atoms. The molecule has 0 spiro atoms. The molecule has 0 unspecified atom stereocenters. The minimum absolute atomic E-state index is 0.115. The number of hydrogen-bond donors (Lipinski definition) is 3. The van der Waals surface area contributed by atoms with Crippen molar-refractivity contribution in [1.29, 1.82) is 0 Å². The first-order chi connectivity index (χ1) is 6.45. The Morgan fingerprint density at radius 3 is 2.64 bits per heavy atom. The minimum atomic E-state index is -3.88. The van der Waals surface area contributed by atoms with Gasteiger partial charge in [0.05, 0.1) is 6.42 Å². The first kappa shape index (κ1) is 11.1. The summed E-state index contributed by atoms with van der Waals surface area (Å²) in [5, 5.41) is 16.7. The first-order valence-electron chi connectivity index (χ1n) is 3.42. The zero-order valence-corrected chi connectivity index (χ0v) is 8.43. The third kappa shape index (κ3) is 2.51. The van der Waals surface area contributed by atoms with Gasteiger partial charge < -0.3 is 10.3 Å². The van der Waals surface area contributed by atoms with Crippen molar-refractivity contribution in [2.24, 2.45) is 0 Å². The Balaban J connectivity index is 2.94. The number of rotatable bonds is 4. The number of carbonyl (C=O) groups is 1. The van der Waals surface area contributed by atoms with Crippen molar-refractivity contribution in [2.45, 2.75) is 10.6 Å². The third-order valence-corrected chi connectivity index (χ3v) is 4.04. The van der Waals surface area contributed by atoms with Crippen LogP contribution in [-0.4, -0.2) is 24.7 Å². The summed E-state index contributed by atoms with van der Waals surface area (Å²) < 4.78 is 21.9. The van der Waals surface area contributed by atoms with Gasteiger partial charge in [0.15, 0.2) is 0 Å². The molecule has 8 heteroatoms. The molecule has 0 saturated carbocycles. The van der Waals surface area contributed by atoms with Gasteiger partial charge in [-0.05, 0) is 12.1 Å².